The van der Waals surface area contributed by atoms with Crippen LogP contribution >= 0.6 is 0 Å². The molecule has 0 aliphatic heterocycles. The van der Waals surface area contributed by atoms with Gasteiger partial charge in [-0.05, 0) is 43.5 Å². The fourth-order valence-corrected chi connectivity index (χ4v) is 2.36. The van der Waals surface area contributed by atoms with Crippen LogP contribution in [0.1, 0.15) is 37.4 Å². The lowest BCUT2D eigenvalue weighted by Crippen LogP contribution is -2.08. The number of ether oxygens (including phenoxy) is 1. The van der Waals surface area contributed by atoms with Crippen LogP contribution in [0, 0.1) is 6.92 Å². The van der Waals surface area contributed by atoms with Crippen molar-refractivity contribution in [3.8, 4) is 5.75 Å². The zero-order valence-corrected chi connectivity index (χ0v) is 13.0. The fraction of sp³-hybridized carbons (Fsp3) is 0.333. The Bertz CT molecular complexity index is 596. The molecule has 2 rings (SSSR count). The van der Waals surface area contributed by atoms with E-state index in [1.807, 2.05) is 18.2 Å². The van der Waals surface area contributed by atoms with Crippen molar-refractivity contribution in [3.05, 3.63) is 53.6 Å². The minimum atomic E-state index is 0.230. The summed E-state index contributed by atoms with van der Waals surface area (Å²) < 4.78 is 5.67. The average molecular weight is 284 g/mol. The van der Waals surface area contributed by atoms with Gasteiger partial charge in [-0.15, -0.1) is 0 Å². The summed E-state index contributed by atoms with van der Waals surface area (Å²) in [4.78, 5) is 0. The number of nitrogens with one attached hydrogen (secondary N) is 1. The second-order valence-corrected chi connectivity index (χ2v) is 5.32. The molecule has 0 spiro atoms. The maximum atomic E-state index is 5.94. The van der Waals surface area contributed by atoms with Gasteiger partial charge in [-0.2, -0.15) is 0 Å². The van der Waals surface area contributed by atoms with Gasteiger partial charge in [0.05, 0.1) is 12.3 Å². The normalized spacial score (nSPS) is 12.0. The van der Waals surface area contributed by atoms with Crippen molar-refractivity contribution in [1.82, 2.24) is 0 Å². The standard InChI is InChI=1S/C18H24N2O/c1-4-11-21-18-12-15(9-10-17(18)19)20-14(3)16-8-6-5-7-13(16)2/h5-10,12,14,20H,4,11,19H2,1-3H3. The van der Waals surface area contributed by atoms with Crippen LogP contribution in [-0.2, 0) is 0 Å². The maximum Gasteiger partial charge on any atom is 0.144 e. The van der Waals surface area contributed by atoms with Crippen LogP contribution in [0.25, 0.3) is 0 Å². The Labute approximate surface area is 127 Å². The molecule has 0 aliphatic carbocycles. The van der Waals surface area contributed by atoms with Crippen molar-refractivity contribution < 1.29 is 4.74 Å². The van der Waals surface area contributed by atoms with Gasteiger partial charge in [0.25, 0.3) is 0 Å². The summed E-state index contributed by atoms with van der Waals surface area (Å²) in [6, 6.07) is 14.5. The van der Waals surface area contributed by atoms with Crippen molar-refractivity contribution in [2.45, 2.75) is 33.2 Å². The number of nitrogens with two attached hydrogens (primary N) is 1. The van der Waals surface area contributed by atoms with Gasteiger partial charge in [0.1, 0.15) is 5.75 Å². The first kappa shape index (κ1) is 15.2. The zero-order valence-electron chi connectivity index (χ0n) is 13.0. The van der Waals surface area contributed by atoms with E-state index in [9.17, 15) is 0 Å². The lowest BCUT2D eigenvalue weighted by atomic mass is 10.0. The number of hydrogen-bond acceptors (Lipinski definition) is 3. The highest BCUT2D eigenvalue weighted by atomic mass is 16.5. The van der Waals surface area contributed by atoms with Crippen molar-refractivity contribution in [2.75, 3.05) is 17.7 Å². The molecular weight excluding hydrogens is 260 g/mol. The molecule has 2 aromatic rings. The topological polar surface area (TPSA) is 47.3 Å². The molecule has 3 heteroatoms. The van der Waals surface area contributed by atoms with Gasteiger partial charge >= 0.3 is 0 Å². The summed E-state index contributed by atoms with van der Waals surface area (Å²) in [6.07, 6.45) is 0.969. The highest BCUT2D eigenvalue weighted by molar-refractivity contribution is 5.62. The molecule has 0 saturated carbocycles. The van der Waals surface area contributed by atoms with Crippen LogP contribution in [0.15, 0.2) is 42.5 Å². The van der Waals surface area contributed by atoms with E-state index in [0.717, 1.165) is 17.9 Å². The lowest BCUT2D eigenvalue weighted by Gasteiger charge is -2.19. The minimum Gasteiger partial charge on any atom is -0.491 e. The van der Waals surface area contributed by atoms with Gasteiger partial charge in [0.15, 0.2) is 0 Å². The largest absolute Gasteiger partial charge is 0.491 e. The summed E-state index contributed by atoms with van der Waals surface area (Å²) in [5.41, 5.74) is 10.2. The first-order chi connectivity index (χ1) is 10.1. The number of anilines is 2. The second kappa shape index (κ2) is 7.02. The minimum absolute atomic E-state index is 0.230. The molecule has 0 heterocycles. The number of aryl methyl sites for hydroxylation is 1. The van der Waals surface area contributed by atoms with Crippen molar-refractivity contribution in [2.24, 2.45) is 0 Å². The average Bonchev–Trinajstić information content (AvgIpc) is 2.48. The SMILES string of the molecule is CCCOc1cc(NC(C)c2ccccc2C)ccc1N. The smallest absolute Gasteiger partial charge is 0.144 e. The number of hydrogen-bond donors (Lipinski definition) is 2. The molecule has 3 N–H and O–H groups in total. The van der Waals surface area contributed by atoms with E-state index >= 15 is 0 Å². The van der Waals surface area contributed by atoms with Crippen molar-refractivity contribution >= 4 is 11.4 Å². The van der Waals surface area contributed by atoms with E-state index < -0.39 is 0 Å². The quantitative estimate of drug-likeness (QED) is 0.766. The zero-order chi connectivity index (χ0) is 15.2. The van der Waals surface area contributed by atoms with E-state index in [1.54, 1.807) is 0 Å². The van der Waals surface area contributed by atoms with Gasteiger partial charge in [-0.3, -0.25) is 0 Å². The molecular formula is C18H24N2O. The summed E-state index contributed by atoms with van der Waals surface area (Å²) >= 11 is 0. The summed E-state index contributed by atoms with van der Waals surface area (Å²) in [7, 11) is 0. The van der Waals surface area contributed by atoms with Crippen LogP contribution in [0.4, 0.5) is 11.4 Å². The molecule has 21 heavy (non-hydrogen) atoms. The predicted molar refractivity (Wildman–Crippen MR) is 89.9 cm³/mol. The molecule has 0 amide bonds. The van der Waals surface area contributed by atoms with Gasteiger partial charge in [0.2, 0.25) is 0 Å². The molecule has 0 radical (unpaired) electrons. The molecule has 0 bridgehead atoms. The van der Waals surface area contributed by atoms with E-state index in [0.29, 0.717) is 12.3 Å². The predicted octanol–water partition coefficient (Wildman–Crippen LogP) is 4.54. The van der Waals surface area contributed by atoms with Crippen molar-refractivity contribution in [1.29, 1.82) is 0 Å². The second-order valence-electron chi connectivity index (χ2n) is 5.32. The van der Waals surface area contributed by atoms with E-state index in [2.05, 4.69) is 50.4 Å². The lowest BCUT2D eigenvalue weighted by molar-refractivity contribution is 0.319. The summed E-state index contributed by atoms with van der Waals surface area (Å²) in [5.74, 6) is 0.749. The Morgan fingerprint density at radius 1 is 1.19 bits per heavy atom. The molecule has 0 aromatic heterocycles. The third-order valence-corrected chi connectivity index (χ3v) is 3.51. The Morgan fingerprint density at radius 2 is 1.95 bits per heavy atom. The number of nitrogen functional groups attached to an aromatic ring is 1. The van der Waals surface area contributed by atoms with Crippen LogP contribution in [0.5, 0.6) is 5.75 Å². The van der Waals surface area contributed by atoms with Gasteiger partial charge in [0, 0.05) is 17.8 Å². The Balaban J connectivity index is 2.14. The van der Waals surface area contributed by atoms with Crippen LogP contribution in [-0.4, -0.2) is 6.61 Å². The van der Waals surface area contributed by atoms with Crippen LogP contribution in [0.3, 0.4) is 0 Å². The molecule has 3 nitrogen and oxygen atoms in total. The molecule has 0 saturated heterocycles. The van der Waals surface area contributed by atoms with E-state index in [-0.39, 0.29) is 6.04 Å². The van der Waals surface area contributed by atoms with E-state index in [1.165, 1.54) is 11.1 Å². The van der Waals surface area contributed by atoms with Gasteiger partial charge in [-0.25, -0.2) is 0 Å². The molecule has 1 atom stereocenters. The third-order valence-electron chi connectivity index (χ3n) is 3.51. The summed E-state index contributed by atoms with van der Waals surface area (Å²) in [5, 5.41) is 3.51. The molecule has 0 fully saturated rings. The first-order valence-electron chi connectivity index (χ1n) is 7.46. The molecule has 0 aliphatic rings. The Morgan fingerprint density at radius 3 is 2.67 bits per heavy atom. The number of rotatable bonds is 6. The van der Waals surface area contributed by atoms with Gasteiger partial charge < -0.3 is 15.8 Å². The Kier molecular flexibility index (Phi) is 5.09. The Hall–Kier alpha value is -2.16. The molecule has 112 valence electrons. The molecule has 2 aromatic carbocycles. The molecule has 1 unspecified atom stereocenters. The van der Waals surface area contributed by atoms with Crippen molar-refractivity contribution in [3.63, 3.8) is 0 Å². The van der Waals surface area contributed by atoms with Crippen LogP contribution < -0.4 is 15.8 Å². The fourth-order valence-electron chi connectivity index (χ4n) is 2.36. The van der Waals surface area contributed by atoms with E-state index in [4.69, 9.17) is 10.5 Å². The van der Waals surface area contributed by atoms with Crippen LogP contribution in [0.2, 0.25) is 0 Å². The van der Waals surface area contributed by atoms with Gasteiger partial charge in [-0.1, -0.05) is 31.2 Å². The third kappa shape index (κ3) is 3.91. The maximum absolute atomic E-state index is 5.94. The highest BCUT2D eigenvalue weighted by Crippen LogP contribution is 2.28. The first-order valence-corrected chi connectivity index (χ1v) is 7.46. The summed E-state index contributed by atoms with van der Waals surface area (Å²) in [6.45, 7) is 7.05. The highest BCUT2D eigenvalue weighted by Gasteiger charge is 2.09. The monoisotopic (exact) mass is 284 g/mol. The number of benzene rings is 2.